The third-order valence-corrected chi connectivity index (χ3v) is 6.76. The number of aliphatic imine (C=N–C) groups is 1. The minimum atomic E-state index is 0.512. The first kappa shape index (κ1) is 21.3. The summed E-state index contributed by atoms with van der Waals surface area (Å²) in [5.74, 6) is 1.55. The molecule has 2 unspecified atom stereocenters. The Kier molecular flexibility index (Phi) is 7.47. The summed E-state index contributed by atoms with van der Waals surface area (Å²) in [5.41, 5.74) is 3.64. The Morgan fingerprint density at radius 3 is 2.55 bits per heavy atom. The highest BCUT2D eigenvalue weighted by Crippen LogP contribution is 2.29. The Morgan fingerprint density at radius 2 is 1.74 bits per heavy atom. The van der Waals surface area contributed by atoms with Crippen molar-refractivity contribution >= 4 is 25.4 Å². The van der Waals surface area contributed by atoms with E-state index in [4.69, 9.17) is 4.74 Å². The quantitative estimate of drug-likeness (QED) is 0.339. The molecule has 0 amide bonds. The SMILES string of the molecule is CN=Cc1ccccc1Pc1cccc(CC2C=CC=CC2)c1OCc1ccccc1. The van der Waals surface area contributed by atoms with Crippen LogP contribution in [0.2, 0.25) is 0 Å². The van der Waals surface area contributed by atoms with Crippen molar-refractivity contribution in [3.05, 3.63) is 114 Å². The van der Waals surface area contributed by atoms with Gasteiger partial charge in [-0.15, -0.1) is 0 Å². The Labute approximate surface area is 187 Å². The maximum absolute atomic E-state index is 6.50. The third-order valence-electron chi connectivity index (χ3n) is 5.37. The molecule has 2 atom stereocenters. The van der Waals surface area contributed by atoms with E-state index in [2.05, 4.69) is 96.0 Å². The van der Waals surface area contributed by atoms with Gasteiger partial charge in [-0.1, -0.05) is 106 Å². The normalized spacial score (nSPS) is 15.8. The van der Waals surface area contributed by atoms with Gasteiger partial charge >= 0.3 is 0 Å². The lowest BCUT2D eigenvalue weighted by Gasteiger charge is -2.20. The summed E-state index contributed by atoms with van der Waals surface area (Å²) in [6.07, 6.45) is 12.9. The fraction of sp³-hybridized carbons (Fsp3) is 0.179. The van der Waals surface area contributed by atoms with Gasteiger partial charge in [0.05, 0.1) is 0 Å². The monoisotopic (exact) mass is 425 g/mol. The van der Waals surface area contributed by atoms with Crippen molar-refractivity contribution in [3.8, 4) is 5.75 Å². The Hall–Kier alpha value is -2.96. The molecule has 156 valence electrons. The molecule has 0 saturated carbocycles. The molecule has 0 saturated heterocycles. The molecule has 0 spiro atoms. The molecule has 0 N–H and O–H groups in total. The molecule has 3 heteroatoms. The molecule has 4 rings (SSSR count). The summed E-state index contributed by atoms with van der Waals surface area (Å²) in [5, 5.41) is 2.54. The van der Waals surface area contributed by atoms with Gasteiger partial charge in [0, 0.05) is 18.6 Å². The van der Waals surface area contributed by atoms with Crippen molar-refractivity contribution < 1.29 is 4.74 Å². The van der Waals surface area contributed by atoms with Crippen LogP contribution in [0.3, 0.4) is 0 Å². The summed E-state index contributed by atoms with van der Waals surface area (Å²) < 4.78 is 6.50. The van der Waals surface area contributed by atoms with Gasteiger partial charge in [0.1, 0.15) is 12.4 Å². The molecule has 0 radical (unpaired) electrons. The molecule has 0 fully saturated rings. The van der Waals surface area contributed by atoms with E-state index in [0.717, 1.165) is 18.6 Å². The first-order valence-electron chi connectivity index (χ1n) is 10.7. The molecule has 2 nitrogen and oxygen atoms in total. The summed E-state index contributed by atoms with van der Waals surface area (Å²) in [7, 11) is 2.33. The third kappa shape index (κ3) is 5.81. The summed E-state index contributed by atoms with van der Waals surface area (Å²) in [6.45, 7) is 0.577. The van der Waals surface area contributed by atoms with Crippen molar-refractivity contribution in [1.29, 1.82) is 0 Å². The van der Waals surface area contributed by atoms with Gasteiger partial charge in [0.25, 0.3) is 0 Å². The van der Waals surface area contributed by atoms with Crippen LogP contribution in [0.5, 0.6) is 5.75 Å². The smallest absolute Gasteiger partial charge is 0.130 e. The van der Waals surface area contributed by atoms with Crippen LogP contribution in [0.4, 0.5) is 0 Å². The topological polar surface area (TPSA) is 21.6 Å². The molecule has 1 aliphatic rings. The van der Waals surface area contributed by atoms with E-state index in [-0.39, 0.29) is 0 Å². The average Bonchev–Trinajstić information content (AvgIpc) is 2.81. The number of nitrogens with zero attached hydrogens (tertiary/aromatic N) is 1. The zero-order chi connectivity index (χ0) is 21.3. The van der Waals surface area contributed by atoms with Gasteiger partial charge in [-0.05, 0) is 40.8 Å². The van der Waals surface area contributed by atoms with Gasteiger partial charge < -0.3 is 4.74 Å². The maximum Gasteiger partial charge on any atom is 0.130 e. The molecule has 3 aromatic rings. The lowest BCUT2D eigenvalue weighted by Crippen LogP contribution is -2.15. The van der Waals surface area contributed by atoms with E-state index in [0.29, 0.717) is 21.1 Å². The summed E-state index contributed by atoms with van der Waals surface area (Å²) >= 11 is 0. The highest BCUT2D eigenvalue weighted by molar-refractivity contribution is 7.56. The van der Waals surface area contributed by atoms with E-state index in [1.165, 1.54) is 27.3 Å². The predicted molar refractivity (Wildman–Crippen MR) is 135 cm³/mol. The minimum absolute atomic E-state index is 0.512. The van der Waals surface area contributed by atoms with E-state index in [9.17, 15) is 0 Å². The molecular formula is C28H28NOP. The fourth-order valence-corrected chi connectivity index (χ4v) is 5.11. The highest BCUT2D eigenvalue weighted by Gasteiger charge is 2.16. The summed E-state index contributed by atoms with van der Waals surface area (Å²) in [4.78, 5) is 4.24. The summed E-state index contributed by atoms with van der Waals surface area (Å²) in [6, 6.07) is 25.5. The number of hydrogen-bond acceptors (Lipinski definition) is 2. The number of ether oxygens (including phenoxy) is 1. The minimum Gasteiger partial charge on any atom is -0.488 e. The molecular weight excluding hydrogens is 397 g/mol. The van der Waals surface area contributed by atoms with E-state index in [1.54, 1.807) is 0 Å². The van der Waals surface area contributed by atoms with Crippen LogP contribution in [-0.2, 0) is 13.0 Å². The van der Waals surface area contributed by atoms with Crippen molar-refractivity contribution in [2.45, 2.75) is 19.4 Å². The zero-order valence-electron chi connectivity index (χ0n) is 17.9. The van der Waals surface area contributed by atoms with Crippen LogP contribution in [0.1, 0.15) is 23.1 Å². The molecule has 1 aliphatic carbocycles. The van der Waals surface area contributed by atoms with Gasteiger partial charge in [-0.3, -0.25) is 4.99 Å². The fourth-order valence-electron chi connectivity index (χ4n) is 3.82. The van der Waals surface area contributed by atoms with Crippen LogP contribution < -0.4 is 15.3 Å². The van der Waals surface area contributed by atoms with E-state index < -0.39 is 0 Å². The molecule has 0 bridgehead atoms. The van der Waals surface area contributed by atoms with Crippen molar-refractivity contribution in [2.24, 2.45) is 10.9 Å². The Balaban J connectivity index is 1.65. The van der Waals surface area contributed by atoms with Crippen LogP contribution in [0, 0.1) is 5.92 Å². The van der Waals surface area contributed by atoms with Crippen molar-refractivity contribution in [1.82, 2.24) is 0 Å². The van der Waals surface area contributed by atoms with E-state index >= 15 is 0 Å². The highest BCUT2D eigenvalue weighted by atomic mass is 31.1. The largest absolute Gasteiger partial charge is 0.488 e. The maximum atomic E-state index is 6.50. The molecule has 0 heterocycles. The van der Waals surface area contributed by atoms with Crippen LogP contribution in [0.25, 0.3) is 0 Å². The van der Waals surface area contributed by atoms with Gasteiger partial charge in [-0.25, -0.2) is 0 Å². The van der Waals surface area contributed by atoms with Crippen LogP contribution in [0.15, 0.2) is 102 Å². The predicted octanol–water partition coefficient (Wildman–Crippen LogP) is 5.62. The number of hydrogen-bond donors (Lipinski definition) is 0. The van der Waals surface area contributed by atoms with Crippen molar-refractivity contribution in [2.75, 3.05) is 7.05 Å². The average molecular weight is 426 g/mol. The second-order valence-corrected chi connectivity index (χ2v) is 9.01. The second kappa shape index (κ2) is 10.9. The van der Waals surface area contributed by atoms with Gasteiger partial charge in [0.15, 0.2) is 0 Å². The molecule has 31 heavy (non-hydrogen) atoms. The van der Waals surface area contributed by atoms with E-state index in [1.807, 2.05) is 19.3 Å². The molecule has 0 aromatic heterocycles. The first-order valence-corrected chi connectivity index (χ1v) is 11.7. The number of rotatable bonds is 8. The molecule has 3 aromatic carbocycles. The number of para-hydroxylation sites is 1. The lowest BCUT2D eigenvalue weighted by molar-refractivity contribution is 0.304. The Bertz CT molecular complexity index is 1090. The standard InChI is InChI=1S/C28H28NOP/c1-29-20-25-15-8-9-17-26(25)31-27-18-10-16-24(19-22-11-4-2-5-12-22)28(27)30-21-23-13-6-3-7-14-23/h2-11,13-18,20,22,31H,12,19,21H2,1H3. The Morgan fingerprint density at radius 1 is 0.935 bits per heavy atom. The number of benzene rings is 3. The first-order chi connectivity index (χ1) is 15.3. The zero-order valence-corrected chi connectivity index (χ0v) is 18.9. The van der Waals surface area contributed by atoms with Crippen molar-refractivity contribution in [3.63, 3.8) is 0 Å². The van der Waals surface area contributed by atoms with Gasteiger partial charge in [-0.2, -0.15) is 0 Å². The lowest BCUT2D eigenvalue weighted by atomic mass is 9.93. The van der Waals surface area contributed by atoms with Crippen LogP contribution in [-0.4, -0.2) is 13.3 Å². The van der Waals surface area contributed by atoms with Crippen LogP contribution >= 0.6 is 8.58 Å². The van der Waals surface area contributed by atoms with Gasteiger partial charge in [0.2, 0.25) is 0 Å². The number of allylic oxidation sites excluding steroid dienone is 4. The molecule has 0 aliphatic heterocycles. The second-order valence-electron chi connectivity index (χ2n) is 7.68.